The second kappa shape index (κ2) is 9.75. The molecular formula is C35H49N2+. The van der Waals surface area contributed by atoms with E-state index in [1.54, 1.807) is 0 Å². The van der Waals surface area contributed by atoms with Gasteiger partial charge in [0.05, 0.1) is 0 Å². The van der Waals surface area contributed by atoms with Crippen LogP contribution in [0.3, 0.4) is 0 Å². The van der Waals surface area contributed by atoms with Crippen molar-refractivity contribution < 1.29 is 4.57 Å². The Balaban J connectivity index is 1.99. The largest absolute Gasteiger partial charge is 0.254 e. The lowest BCUT2D eigenvalue weighted by molar-refractivity contribution is -0.595. The summed E-state index contributed by atoms with van der Waals surface area (Å²) in [6.45, 7) is 39.2. The van der Waals surface area contributed by atoms with Crippen LogP contribution >= 0.6 is 0 Å². The molecule has 4 radical (unpaired) electrons. The fourth-order valence-electron chi connectivity index (χ4n) is 6.61. The van der Waals surface area contributed by atoms with Crippen LogP contribution in [-0.2, 0) is 10.8 Å². The molecule has 2 heteroatoms. The van der Waals surface area contributed by atoms with Crippen molar-refractivity contribution in [2.45, 2.75) is 107 Å². The molecule has 0 N–H and O–H groups in total. The average molecular weight is 498 g/mol. The predicted molar refractivity (Wildman–Crippen MR) is 158 cm³/mol. The van der Waals surface area contributed by atoms with Gasteiger partial charge >= 0.3 is 0 Å². The average Bonchev–Trinajstić information content (AvgIpc) is 3.12. The second-order valence-electron chi connectivity index (χ2n) is 14.2. The molecule has 0 saturated heterocycles. The number of hydrogen-bond acceptors (Lipinski definition) is 0. The van der Waals surface area contributed by atoms with Crippen LogP contribution in [0.1, 0.15) is 102 Å². The first-order valence-corrected chi connectivity index (χ1v) is 13.6. The number of aryl methyl sites for hydroxylation is 4. The Morgan fingerprint density at radius 2 is 1.03 bits per heavy atom. The van der Waals surface area contributed by atoms with Gasteiger partial charge in [-0.15, -0.1) is 0 Å². The van der Waals surface area contributed by atoms with E-state index in [4.69, 9.17) is 13.8 Å². The van der Waals surface area contributed by atoms with Crippen LogP contribution in [0.2, 0.25) is 0 Å². The van der Waals surface area contributed by atoms with Gasteiger partial charge in [0.1, 0.15) is 23.8 Å². The van der Waals surface area contributed by atoms with E-state index in [9.17, 15) is 0 Å². The van der Waals surface area contributed by atoms with Crippen LogP contribution in [0.25, 0.3) is 11.4 Å². The number of imidazole rings is 1. The molecule has 3 aromatic rings. The molecule has 0 atom stereocenters. The quantitative estimate of drug-likeness (QED) is 0.275. The minimum absolute atomic E-state index is 0.00571. The molecule has 0 aliphatic heterocycles. The first-order chi connectivity index (χ1) is 16.7. The number of aromatic nitrogens is 2. The second-order valence-corrected chi connectivity index (χ2v) is 14.2. The Morgan fingerprint density at radius 1 is 0.649 bits per heavy atom. The lowest BCUT2D eigenvalue weighted by Gasteiger charge is -2.33. The van der Waals surface area contributed by atoms with E-state index in [2.05, 4.69) is 135 Å². The summed E-state index contributed by atoms with van der Waals surface area (Å²) in [5.41, 5.74) is 9.85. The van der Waals surface area contributed by atoms with Crippen LogP contribution in [0.4, 0.5) is 0 Å². The van der Waals surface area contributed by atoms with E-state index >= 15 is 0 Å². The summed E-state index contributed by atoms with van der Waals surface area (Å²) in [6.07, 6.45) is 8.38. The molecule has 0 amide bonds. The van der Waals surface area contributed by atoms with Crippen molar-refractivity contribution in [1.29, 1.82) is 0 Å². The molecule has 0 bridgehead atoms. The van der Waals surface area contributed by atoms with Gasteiger partial charge < -0.3 is 0 Å². The van der Waals surface area contributed by atoms with Crippen molar-refractivity contribution in [2.75, 3.05) is 0 Å². The van der Waals surface area contributed by atoms with Crippen molar-refractivity contribution in [3.8, 4) is 11.4 Å². The topological polar surface area (TPSA) is 8.81 Å². The highest BCUT2D eigenvalue weighted by molar-refractivity contribution is 5.51. The highest BCUT2D eigenvalue weighted by Gasteiger charge is 2.30. The molecule has 0 fully saturated rings. The predicted octanol–water partition coefficient (Wildman–Crippen LogP) is 8.80. The maximum absolute atomic E-state index is 6.39. The number of hydrogen-bond donors (Lipinski definition) is 0. The van der Waals surface area contributed by atoms with E-state index in [0.29, 0.717) is 0 Å². The molecule has 198 valence electrons. The number of benzene rings is 2. The van der Waals surface area contributed by atoms with E-state index in [1.165, 1.54) is 44.8 Å². The molecular weight excluding hydrogens is 448 g/mol. The van der Waals surface area contributed by atoms with Gasteiger partial charge in [-0.05, 0) is 109 Å². The van der Waals surface area contributed by atoms with Gasteiger partial charge in [-0.25, -0.2) is 9.13 Å². The number of rotatable bonds is 8. The van der Waals surface area contributed by atoms with Crippen molar-refractivity contribution in [3.63, 3.8) is 0 Å². The van der Waals surface area contributed by atoms with Crippen molar-refractivity contribution in [3.05, 3.63) is 90.2 Å². The van der Waals surface area contributed by atoms with Crippen molar-refractivity contribution in [2.24, 2.45) is 10.8 Å². The van der Waals surface area contributed by atoms with Gasteiger partial charge in [-0.2, -0.15) is 0 Å². The van der Waals surface area contributed by atoms with Crippen LogP contribution in [0, 0.1) is 52.4 Å². The maximum atomic E-state index is 6.39. The monoisotopic (exact) mass is 497 g/mol. The zero-order chi connectivity index (χ0) is 28.1. The standard InChI is InChI=1S/C35H49N2/c1-24-17-28(34(11,12)21-32(5,6)7)18-25(2)30(24)36-15-16-37(23-36)31-26(3)19-29(20-27(31)4)35(13,14)22-33(8,9)10/h5,8,15-20,23H,21-22H2,1-4,6-7,9-14H3/q+1. The van der Waals surface area contributed by atoms with Gasteiger partial charge in [-0.1, -0.05) is 79.7 Å². The van der Waals surface area contributed by atoms with E-state index in [1.807, 2.05) is 0 Å². The first-order valence-electron chi connectivity index (χ1n) is 13.6. The molecule has 0 unspecified atom stereocenters. The van der Waals surface area contributed by atoms with Gasteiger partial charge in [0, 0.05) is 0 Å². The molecule has 37 heavy (non-hydrogen) atoms. The SMILES string of the molecule is [CH]C(C)(C)CC(C)(C)c1cc(C)c(-n2cc[n+](-c3c(C)cc(C(C)(C)CC([CH])(C)C)cc3C)c2)c(C)c1. The third-order valence-corrected chi connectivity index (χ3v) is 7.49. The summed E-state index contributed by atoms with van der Waals surface area (Å²) in [4.78, 5) is 0. The van der Waals surface area contributed by atoms with E-state index in [0.717, 1.165) is 12.8 Å². The summed E-state index contributed by atoms with van der Waals surface area (Å²) in [5.74, 6) is 0. The van der Waals surface area contributed by atoms with Gasteiger partial charge in [0.15, 0.2) is 0 Å². The first kappa shape index (κ1) is 29.2. The molecule has 0 aliphatic carbocycles. The smallest absolute Gasteiger partial charge is 0.202 e. The lowest BCUT2D eigenvalue weighted by Crippen LogP contribution is -2.31. The minimum Gasteiger partial charge on any atom is -0.202 e. The third-order valence-electron chi connectivity index (χ3n) is 7.49. The molecule has 0 saturated carbocycles. The molecule has 2 nitrogen and oxygen atoms in total. The Hall–Kier alpha value is -2.35. The molecule has 0 spiro atoms. The Bertz CT molecular complexity index is 1130. The van der Waals surface area contributed by atoms with Crippen LogP contribution in [0.5, 0.6) is 0 Å². The zero-order valence-corrected chi connectivity index (χ0v) is 25.5. The highest BCUT2D eigenvalue weighted by Crippen LogP contribution is 2.39. The Labute approximate surface area is 228 Å². The highest BCUT2D eigenvalue weighted by atomic mass is 15.1. The van der Waals surface area contributed by atoms with Gasteiger partial charge in [0.2, 0.25) is 0 Å². The summed E-state index contributed by atoms with van der Waals surface area (Å²) in [5, 5.41) is 0. The van der Waals surface area contributed by atoms with Crippen LogP contribution in [-0.4, -0.2) is 4.57 Å². The van der Waals surface area contributed by atoms with E-state index in [-0.39, 0.29) is 21.7 Å². The Morgan fingerprint density at radius 3 is 1.41 bits per heavy atom. The zero-order valence-electron chi connectivity index (χ0n) is 25.5. The van der Waals surface area contributed by atoms with Crippen molar-refractivity contribution in [1.82, 2.24) is 4.57 Å². The number of nitrogens with zero attached hydrogens (tertiary/aromatic N) is 2. The molecule has 0 aliphatic rings. The van der Waals surface area contributed by atoms with Crippen LogP contribution in [0.15, 0.2) is 43.0 Å². The summed E-state index contributed by atoms with van der Waals surface area (Å²) >= 11 is 0. The van der Waals surface area contributed by atoms with Crippen LogP contribution < -0.4 is 4.57 Å². The molecule has 1 aromatic heterocycles. The summed E-state index contributed by atoms with van der Waals surface area (Å²) < 4.78 is 4.50. The fraction of sp³-hybridized carbons (Fsp3) is 0.514. The minimum atomic E-state index is -0.211. The summed E-state index contributed by atoms with van der Waals surface area (Å²) in [6, 6.07) is 9.35. The lowest BCUT2D eigenvalue weighted by atomic mass is 9.71. The van der Waals surface area contributed by atoms with E-state index < -0.39 is 0 Å². The Kier molecular flexibility index (Phi) is 7.70. The van der Waals surface area contributed by atoms with Gasteiger partial charge in [0.25, 0.3) is 6.33 Å². The van der Waals surface area contributed by atoms with Gasteiger partial charge in [-0.3, -0.25) is 0 Å². The maximum Gasteiger partial charge on any atom is 0.254 e. The molecule has 3 rings (SSSR count). The summed E-state index contributed by atoms with van der Waals surface area (Å²) in [7, 11) is 0. The molecule has 1 heterocycles. The third kappa shape index (κ3) is 6.75. The fourth-order valence-corrected chi connectivity index (χ4v) is 6.61. The van der Waals surface area contributed by atoms with Crippen molar-refractivity contribution >= 4 is 0 Å². The normalized spacial score (nSPS) is 13.4. The molecule has 2 aromatic carbocycles.